The van der Waals surface area contributed by atoms with Crippen molar-refractivity contribution in [2.24, 2.45) is 5.73 Å². The lowest BCUT2D eigenvalue weighted by molar-refractivity contribution is 0.298. The van der Waals surface area contributed by atoms with Crippen LogP contribution in [0, 0.1) is 5.82 Å². The van der Waals surface area contributed by atoms with E-state index in [4.69, 9.17) is 10.8 Å². The molecule has 0 saturated carbocycles. The molecule has 3 nitrogen and oxygen atoms in total. The zero-order chi connectivity index (χ0) is 13.0. The van der Waals surface area contributed by atoms with Gasteiger partial charge in [-0.1, -0.05) is 6.07 Å². The molecule has 96 valence electrons. The van der Waals surface area contributed by atoms with Gasteiger partial charge in [0.15, 0.2) is 0 Å². The maximum absolute atomic E-state index is 14.0. The minimum atomic E-state index is -0.290. The van der Waals surface area contributed by atoms with Crippen molar-refractivity contribution in [3.8, 4) is 0 Å². The summed E-state index contributed by atoms with van der Waals surface area (Å²) in [7, 11) is 0. The molecule has 0 spiro atoms. The van der Waals surface area contributed by atoms with E-state index in [9.17, 15) is 4.39 Å². The average Bonchev–Trinajstić information content (AvgIpc) is 2.26. The van der Waals surface area contributed by atoms with Gasteiger partial charge in [0.25, 0.3) is 0 Å². The number of aliphatic hydroxyl groups is 1. The average molecular weight is 240 g/mol. The molecule has 1 atom stereocenters. The minimum Gasteiger partial charge on any atom is -0.395 e. The fraction of sp³-hybridized carbons (Fsp3) is 0.538. The van der Waals surface area contributed by atoms with Crippen LogP contribution in [0.15, 0.2) is 18.2 Å². The van der Waals surface area contributed by atoms with Gasteiger partial charge in [0.2, 0.25) is 0 Å². The fourth-order valence-corrected chi connectivity index (χ4v) is 1.80. The van der Waals surface area contributed by atoms with Gasteiger partial charge in [-0.15, -0.1) is 0 Å². The highest BCUT2D eigenvalue weighted by molar-refractivity contribution is 5.50. The Bertz CT molecular complexity index is 366. The first-order chi connectivity index (χ1) is 7.97. The predicted molar refractivity (Wildman–Crippen MR) is 68.6 cm³/mol. The minimum absolute atomic E-state index is 0.00661. The van der Waals surface area contributed by atoms with Gasteiger partial charge < -0.3 is 15.7 Å². The van der Waals surface area contributed by atoms with Gasteiger partial charge >= 0.3 is 0 Å². The number of anilines is 1. The van der Waals surface area contributed by atoms with E-state index in [2.05, 4.69) is 0 Å². The molecule has 17 heavy (non-hydrogen) atoms. The summed E-state index contributed by atoms with van der Waals surface area (Å²) >= 11 is 0. The van der Waals surface area contributed by atoms with Gasteiger partial charge in [-0.2, -0.15) is 0 Å². The summed E-state index contributed by atoms with van der Waals surface area (Å²) < 4.78 is 14.0. The van der Waals surface area contributed by atoms with Crippen molar-refractivity contribution in [2.75, 3.05) is 18.1 Å². The number of nitrogens with two attached hydrogens (primary N) is 1. The third kappa shape index (κ3) is 3.41. The maximum atomic E-state index is 14.0. The summed E-state index contributed by atoms with van der Waals surface area (Å²) in [4.78, 5) is 1.83. The van der Waals surface area contributed by atoms with Crippen LogP contribution >= 0.6 is 0 Å². The Labute approximate surface area is 102 Å². The Kier molecular flexibility index (Phi) is 4.90. The van der Waals surface area contributed by atoms with Crippen molar-refractivity contribution in [3.63, 3.8) is 0 Å². The highest BCUT2D eigenvalue weighted by atomic mass is 19.1. The zero-order valence-corrected chi connectivity index (χ0v) is 10.7. The maximum Gasteiger partial charge on any atom is 0.146 e. The van der Waals surface area contributed by atoms with E-state index >= 15 is 0 Å². The SMILES string of the molecule is CC(C)N(CCO)c1ccc([C@H](C)N)cc1F. The number of benzene rings is 1. The fourth-order valence-electron chi connectivity index (χ4n) is 1.80. The van der Waals surface area contributed by atoms with E-state index in [1.807, 2.05) is 31.7 Å². The molecule has 0 aromatic heterocycles. The molecular formula is C13H21FN2O. The predicted octanol–water partition coefficient (Wildman–Crippen LogP) is 2.05. The van der Waals surface area contributed by atoms with Crippen LogP contribution in [0.3, 0.4) is 0 Å². The molecular weight excluding hydrogens is 219 g/mol. The Hall–Kier alpha value is -1.13. The molecule has 0 aliphatic carbocycles. The smallest absolute Gasteiger partial charge is 0.146 e. The third-order valence-corrected chi connectivity index (χ3v) is 2.77. The highest BCUT2D eigenvalue weighted by Gasteiger charge is 2.15. The van der Waals surface area contributed by atoms with Crippen LogP contribution in [-0.4, -0.2) is 24.3 Å². The Morgan fingerprint density at radius 2 is 2.00 bits per heavy atom. The molecule has 0 radical (unpaired) electrons. The van der Waals surface area contributed by atoms with Crippen molar-refractivity contribution in [1.29, 1.82) is 0 Å². The second kappa shape index (κ2) is 5.98. The number of aliphatic hydroxyl groups excluding tert-OH is 1. The Balaban J connectivity index is 3.04. The van der Waals surface area contributed by atoms with E-state index < -0.39 is 0 Å². The number of rotatable bonds is 5. The first kappa shape index (κ1) is 13.9. The van der Waals surface area contributed by atoms with Crippen LogP contribution in [0.5, 0.6) is 0 Å². The van der Waals surface area contributed by atoms with Crippen LogP contribution in [0.1, 0.15) is 32.4 Å². The van der Waals surface area contributed by atoms with E-state index in [1.54, 1.807) is 6.07 Å². The zero-order valence-electron chi connectivity index (χ0n) is 10.7. The summed E-state index contributed by atoms with van der Waals surface area (Å²) in [6.45, 7) is 6.18. The molecule has 0 saturated heterocycles. The Morgan fingerprint density at radius 3 is 2.41 bits per heavy atom. The molecule has 1 aromatic rings. The van der Waals surface area contributed by atoms with E-state index in [1.165, 1.54) is 6.07 Å². The number of hydrogen-bond donors (Lipinski definition) is 2. The van der Waals surface area contributed by atoms with Gasteiger partial charge in [-0.3, -0.25) is 0 Å². The lowest BCUT2D eigenvalue weighted by Crippen LogP contribution is -2.34. The molecule has 0 bridgehead atoms. The van der Waals surface area contributed by atoms with Crippen molar-refractivity contribution in [1.82, 2.24) is 0 Å². The molecule has 1 aromatic carbocycles. The number of nitrogens with zero attached hydrogens (tertiary/aromatic N) is 1. The molecule has 0 heterocycles. The highest BCUT2D eigenvalue weighted by Crippen LogP contribution is 2.24. The lowest BCUT2D eigenvalue weighted by atomic mass is 10.1. The summed E-state index contributed by atoms with van der Waals surface area (Å²) in [5.74, 6) is -0.290. The monoisotopic (exact) mass is 240 g/mol. The van der Waals surface area contributed by atoms with Crippen molar-refractivity contribution in [3.05, 3.63) is 29.6 Å². The number of hydrogen-bond acceptors (Lipinski definition) is 3. The molecule has 0 amide bonds. The van der Waals surface area contributed by atoms with Crippen LogP contribution in [0.25, 0.3) is 0 Å². The normalized spacial score (nSPS) is 12.9. The molecule has 0 fully saturated rings. The van der Waals surface area contributed by atoms with Gasteiger partial charge in [0.05, 0.1) is 12.3 Å². The lowest BCUT2D eigenvalue weighted by Gasteiger charge is -2.29. The van der Waals surface area contributed by atoms with Crippen molar-refractivity contribution < 1.29 is 9.50 Å². The van der Waals surface area contributed by atoms with Crippen molar-refractivity contribution in [2.45, 2.75) is 32.9 Å². The second-order valence-electron chi connectivity index (χ2n) is 4.51. The van der Waals surface area contributed by atoms with Crippen LogP contribution < -0.4 is 10.6 Å². The quantitative estimate of drug-likeness (QED) is 0.828. The largest absolute Gasteiger partial charge is 0.395 e. The summed E-state index contributed by atoms with van der Waals surface area (Å²) in [6.07, 6.45) is 0. The van der Waals surface area contributed by atoms with E-state index in [0.717, 1.165) is 5.56 Å². The molecule has 1 rings (SSSR count). The standard InChI is InChI=1S/C13H21FN2O/c1-9(2)16(6-7-17)13-5-4-11(10(3)15)8-12(13)14/h4-5,8-10,17H,6-7,15H2,1-3H3/t10-/m0/s1. The van der Waals surface area contributed by atoms with Gasteiger partial charge in [0, 0.05) is 18.6 Å². The van der Waals surface area contributed by atoms with E-state index in [0.29, 0.717) is 12.2 Å². The number of halogens is 1. The molecule has 0 aliphatic rings. The summed E-state index contributed by atoms with van der Waals surface area (Å²) in [5.41, 5.74) is 7.00. The van der Waals surface area contributed by atoms with Gasteiger partial charge in [-0.25, -0.2) is 4.39 Å². The third-order valence-electron chi connectivity index (χ3n) is 2.77. The van der Waals surface area contributed by atoms with Crippen LogP contribution in [0.4, 0.5) is 10.1 Å². The van der Waals surface area contributed by atoms with Gasteiger partial charge in [-0.05, 0) is 38.5 Å². The van der Waals surface area contributed by atoms with Crippen LogP contribution in [0.2, 0.25) is 0 Å². The molecule has 0 unspecified atom stereocenters. The first-order valence-electron chi connectivity index (χ1n) is 5.90. The first-order valence-corrected chi connectivity index (χ1v) is 5.90. The summed E-state index contributed by atoms with van der Waals surface area (Å²) in [5, 5.41) is 9.00. The van der Waals surface area contributed by atoms with Crippen molar-refractivity contribution >= 4 is 5.69 Å². The Morgan fingerprint density at radius 1 is 1.35 bits per heavy atom. The molecule has 3 N–H and O–H groups in total. The second-order valence-corrected chi connectivity index (χ2v) is 4.51. The van der Waals surface area contributed by atoms with E-state index in [-0.39, 0.29) is 24.5 Å². The van der Waals surface area contributed by atoms with Crippen LogP contribution in [-0.2, 0) is 0 Å². The summed E-state index contributed by atoms with van der Waals surface area (Å²) in [6, 6.07) is 4.98. The molecule has 4 heteroatoms. The molecule has 0 aliphatic heterocycles. The van der Waals surface area contributed by atoms with Gasteiger partial charge in [0.1, 0.15) is 5.82 Å². The topological polar surface area (TPSA) is 49.5 Å².